The lowest BCUT2D eigenvalue weighted by Crippen LogP contribution is -2.31. The van der Waals surface area contributed by atoms with Crippen LogP contribution in [0.2, 0.25) is 0 Å². The van der Waals surface area contributed by atoms with Crippen molar-refractivity contribution >= 4 is 23.5 Å². The van der Waals surface area contributed by atoms with Crippen LogP contribution in [0.3, 0.4) is 0 Å². The average molecular weight is 466 g/mol. The number of amides is 1. The highest BCUT2D eigenvalue weighted by Crippen LogP contribution is 2.38. The van der Waals surface area contributed by atoms with Gasteiger partial charge in [-0.25, -0.2) is 19.9 Å². The second kappa shape index (κ2) is 9.89. The lowest BCUT2D eigenvalue weighted by atomic mass is 9.99. The van der Waals surface area contributed by atoms with E-state index in [9.17, 15) is 4.79 Å². The van der Waals surface area contributed by atoms with Gasteiger partial charge in [-0.1, -0.05) is 36.4 Å². The summed E-state index contributed by atoms with van der Waals surface area (Å²) in [5.41, 5.74) is 4.26. The first kappa shape index (κ1) is 22.5. The molecule has 0 saturated carbocycles. The topological polar surface area (TPSA) is 87.1 Å². The third-order valence-corrected chi connectivity index (χ3v) is 6.05. The fraction of sp³-hybridized carbons (Fsp3) is 0.222. The molecule has 1 atom stereocenters. The summed E-state index contributed by atoms with van der Waals surface area (Å²) in [6.07, 6.45) is 6.99. The van der Waals surface area contributed by atoms with Crippen molar-refractivity contribution < 1.29 is 4.79 Å². The maximum absolute atomic E-state index is 13.7. The largest absolute Gasteiger partial charge is 0.347 e. The summed E-state index contributed by atoms with van der Waals surface area (Å²) in [6, 6.07) is 19.2. The Morgan fingerprint density at radius 2 is 1.80 bits per heavy atom. The number of nitrogens with one attached hydrogen (secondary N) is 1. The van der Waals surface area contributed by atoms with Gasteiger partial charge in [0.15, 0.2) is 0 Å². The van der Waals surface area contributed by atoms with Gasteiger partial charge in [-0.15, -0.1) is 0 Å². The van der Waals surface area contributed by atoms with Gasteiger partial charge >= 0.3 is 0 Å². The Hall–Kier alpha value is -4.33. The van der Waals surface area contributed by atoms with Gasteiger partial charge in [0.2, 0.25) is 11.9 Å². The molecule has 2 aromatic heterocycles. The minimum Gasteiger partial charge on any atom is -0.347 e. The van der Waals surface area contributed by atoms with Crippen molar-refractivity contribution in [2.45, 2.75) is 18.9 Å². The van der Waals surface area contributed by atoms with Crippen LogP contribution in [0.5, 0.6) is 0 Å². The lowest BCUT2D eigenvalue weighted by Gasteiger charge is -2.27. The van der Waals surface area contributed by atoms with Gasteiger partial charge in [0.25, 0.3) is 5.91 Å². The van der Waals surface area contributed by atoms with E-state index in [1.54, 1.807) is 18.5 Å². The van der Waals surface area contributed by atoms with Crippen LogP contribution in [0.15, 0.2) is 79.3 Å². The van der Waals surface area contributed by atoms with Gasteiger partial charge < -0.3 is 15.1 Å². The van der Waals surface area contributed by atoms with Crippen molar-refractivity contribution in [2.24, 2.45) is 0 Å². The summed E-state index contributed by atoms with van der Waals surface area (Å²) in [4.78, 5) is 35.4. The fourth-order valence-corrected chi connectivity index (χ4v) is 4.38. The number of carbonyl (C=O) groups excluding carboxylic acids is 1. The van der Waals surface area contributed by atoms with Gasteiger partial charge in [0, 0.05) is 56.0 Å². The van der Waals surface area contributed by atoms with Gasteiger partial charge in [-0.3, -0.25) is 4.79 Å². The van der Waals surface area contributed by atoms with Crippen LogP contribution in [-0.2, 0) is 0 Å². The molecule has 3 heterocycles. The highest BCUT2D eigenvalue weighted by molar-refractivity contribution is 5.96. The Balaban J connectivity index is 1.47. The van der Waals surface area contributed by atoms with Crippen LogP contribution in [0.4, 0.5) is 17.6 Å². The molecule has 0 bridgehead atoms. The highest BCUT2D eigenvalue weighted by atomic mass is 16.2. The molecule has 0 radical (unpaired) electrons. The maximum atomic E-state index is 13.7. The van der Waals surface area contributed by atoms with E-state index in [-0.39, 0.29) is 11.9 Å². The molecule has 4 aromatic rings. The molecule has 1 amide bonds. The molecular formula is C27H27N7O. The molecule has 0 spiro atoms. The van der Waals surface area contributed by atoms with Crippen molar-refractivity contribution in [1.82, 2.24) is 24.8 Å². The average Bonchev–Trinajstić information content (AvgIpc) is 3.39. The third kappa shape index (κ3) is 4.82. The van der Waals surface area contributed by atoms with Gasteiger partial charge in [-0.05, 0) is 42.7 Å². The molecule has 0 aliphatic carbocycles. The molecule has 1 saturated heterocycles. The van der Waals surface area contributed by atoms with E-state index in [1.807, 2.05) is 72.6 Å². The first-order valence-electron chi connectivity index (χ1n) is 11.6. The summed E-state index contributed by atoms with van der Waals surface area (Å²) < 4.78 is 0. The zero-order valence-corrected chi connectivity index (χ0v) is 19.8. The molecule has 176 valence electrons. The van der Waals surface area contributed by atoms with Crippen LogP contribution in [-0.4, -0.2) is 51.4 Å². The monoisotopic (exact) mass is 465 g/mol. The zero-order chi connectivity index (χ0) is 24.2. The van der Waals surface area contributed by atoms with Crippen molar-refractivity contribution in [1.29, 1.82) is 0 Å². The fourth-order valence-electron chi connectivity index (χ4n) is 4.38. The molecule has 2 aromatic carbocycles. The first-order valence-corrected chi connectivity index (χ1v) is 11.6. The normalized spacial score (nSPS) is 15.1. The van der Waals surface area contributed by atoms with Gasteiger partial charge in [0.1, 0.15) is 0 Å². The standard InChI is InChI=1S/C27H27N7O/c1-33(2)27-30-18-22(19-9-4-3-5-10-19)24(32-27)23-13-7-16-34(23)25(35)20-11-6-12-21(17-20)31-26-28-14-8-15-29-26/h3-6,8-12,14-15,17-18,23H,7,13,16H2,1-2H3,(H,28,29,31). The maximum Gasteiger partial charge on any atom is 0.254 e. The molecule has 8 heteroatoms. The Morgan fingerprint density at radius 3 is 2.57 bits per heavy atom. The quantitative estimate of drug-likeness (QED) is 0.441. The number of hydrogen-bond donors (Lipinski definition) is 1. The van der Waals surface area contributed by atoms with Crippen LogP contribution in [0.25, 0.3) is 11.1 Å². The lowest BCUT2D eigenvalue weighted by molar-refractivity contribution is 0.0733. The molecule has 1 aliphatic rings. The van der Waals surface area contributed by atoms with Gasteiger partial charge in [0.05, 0.1) is 11.7 Å². The minimum absolute atomic E-state index is 0.0193. The summed E-state index contributed by atoms with van der Waals surface area (Å²) in [5, 5.41) is 3.16. The Bertz CT molecular complexity index is 1310. The Morgan fingerprint density at radius 1 is 1.00 bits per heavy atom. The molecule has 1 unspecified atom stereocenters. The zero-order valence-electron chi connectivity index (χ0n) is 19.8. The molecule has 5 rings (SSSR count). The van der Waals surface area contributed by atoms with Crippen molar-refractivity contribution in [3.63, 3.8) is 0 Å². The Kier molecular flexibility index (Phi) is 6.34. The van der Waals surface area contributed by atoms with E-state index in [0.29, 0.717) is 24.0 Å². The number of aromatic nitrogens is 4. The van der Waals surface area contributed by atoms with Crippen molar-refractivity contribution in [3.05, 3.63) is 90.5 Å². The van der Waals surface area contributed by atoms with Crippen LogP contribution < -0.4 is 10.2 Å². The summed E-state index contributed by atoms with van der Waals surface area (Å²) in [5.74, 6) is 1.10. The molecule has 8 nitrogen and oxygen atoms in total. The molecule has 1 N–H and O–H groups in total. The van der Waals surface area contributed by atoms with E-state index in [2.05, 4.69) is 32.4 Å². The van der Waals surface area contributed by atoms with E-state index < -0.39 is 0 Å². The number of carbonyl (C=O) groups is 1. The predicted octanol–water partition coefficient (Wildman–Crippen LogP) is 4.72. The van der Waals surface area contributed by atoms with E-state index >= 15 is 0 Å². The second-order valence-corrected chi connectivity index (χ2v) is 8.66. The van der Waals surface area contributed by atoms with Gasteiger partial charge in [-0.2, -0.15) is 0 Å². The van der Waals surface area contributed by atoms with Crippen LogP contribution >= 0.6 is 0 Å². The minimum atomic E-state index is -0.131. The molecule has 1 aliphatic heterocycles. The second-order valence-electron chi connectivity index (χ2n) is 8.66. The van der Waals surface area contributed by atoms with Crippen LogP contribution in [0.1, 0.15) is 34.9 Å². The number of nitrogens with zero attached hydrogens (tertiary/aromatic N) is 6. The number of anilines is 3. The van der Waals surface area contributed by atoms with Crippen molar-refractivity contribution in [2.75, 3.05) is 30.9 Å². The summed E-state index contributed by atoms with van der Waals surface area (Å²) in [6.45, 7) is 0.679. The smallest absolute Gasteiger partial charge is 0.254 e. The number of likely N-dealkylation sites (tertiary alicyclic amines) is 1. The number of benzene rings is 2. The highest BCUT2D eigenvalue weighted by Gasteiger charge is 2.34. The number of hydrogen-bond acceptors (Lipinski definition) is 7. The molecule has 35 heavy (non-hydrogen) atoms. The molecular weight excluding hydrogens is 438 g/mol. The van der Waals surface area contributed by atoms with E-state index in [1.165, 1.54) is 0 Å². The summed E-state index contributed by atoms with van der Waals surface area (Å²) in [7, 11) is 3.85. The SMILES string of the molecule is CN(C)c1ncc(-c2ccccc2)c(C2CCCN2C(=O)c2cccc(Nc3ncccn3)c2)n1. The van der Waals surface area contributed by atoms with Crippen LogP contribution in [0, 0.1) is 0 Å². The third-order valence-electron chi connectivity index (χ3n) is 6.05. The molecule has 1 fully saturated rings. The first-order chi connectivity index (χ1) is 17.1. The van der Waals surface area contributed by atoms with E-state index in [4.69, 9.17) is 4.98 Å². The Labute approximate surface area is 204 Å². The predicted molar refractivity (Wildman–Crippen MR) is 137 cm³/mol. The van der Waals surface area contributed by atoms with E-state index in [0.717, 1.165) is 35.3 Å². The number of rotatable bonds is 6. The van der Waals surface area contributed by atoms with Crippen molar-refractivity contribution in [3.8, 4) is 11.1 Å². The summed E-state index contributed by atoms with van der Waals surface area (Å²) >= 11 is 0.